The Bertz CT molecular complexity index is 1550. The van der Waals surface area contributed by atoms with Crippen LogP contribution in [-0.4, -0.2) is 62.0 Å². The number of ether oxygens (including phenoxy) is 2. The van der Waals surface area contributed by atoms with Crippen molar-refractivity contribution in [3.05, 3.63) is 54.7 Å². The van der Waals surface area contributed by atoms with Crippen LogP contribution in [-0.2, 0) is 19.1 Å². The predicted octanol–water partition coefficient (Wildman–Crippen LogP) is 2.59. The fourth-order valence-corrected chi connectivity index (χ4v) is 9.33. The summed E-state index contributed by atoms with van der Waals surface area (Å²) in [5.74, 6) is -0.630. The SMILES string of the molecule is Cc1cn([C@H]2C[C@H](N=[N+]=[N-])[C@@H](COC(=O)[C@@]3(O)CC[C@H]4[C@@H]5CCC6=CC(=O)CC[C@]6(C)[C@H]5[C@@H](O)C[C@@]43C)O2)c(=O)[nH]c1=O. The summed E-state index contributed by atoms with van der Waals surface area (Å²) < 4.78 is 12.9. The Morgan fingerprint density at radius 1 is 1.26 bits per heavy atom. The Kier molecular flexibility index (Phi) is 7.23. The summed E-state index contributed by atoms with van der Waals surface area (Å²) in [4.78, 5) is 55.1. The number of H-pyrrole nitrogens is 1. The number of allylic oxidation sites excluding steroid dienone is 1. The van der Waals surface area contributed by atoms with E-state index in [1.807, 2.05) is 6.92 Å². The van der Waals surface area contributed by atoms with Crippen LogP contribution in [0.5, 0.6) is 0 Å². The number of carbonyl (C=O) groups excluding carboxylic acids is 2. The number of rotatable bonds is 5. The number of aromatic amines is 1. The summed E-state index contributed by atoms with van der Waals surface area (Å²) in [5.41, 5.74) is 6.31. The number of aromatic nitrogens is 2. The Morgan fingerprint density at radius 2 is 2.02 bits per heavy atom. The molecular formula is C30H39N5O8. The molecule has 43 heavy (non-hydrogen) atoms. The lowest BCUT2D eigenvalue weighted by atomic mass is 9.45. The standard InChI is InChI=1S/C30H39N5O8/c1-15-13-35(27(40)32-25(15)38)23-11-20(33-34-31)22(43-23)14-42-26(39)30(41)9-7-19-18-5-4-16-10-17(36)6-8-28(16,2)24(18)21(37)12-29(19,30)3/h10,13,18-24,37,41H,4-9,11-12,14H2,1-3H3,(H,32,38,40)/t18-,19-,20-,21-,22+,23+,24+,28-,29-,30-/m0/s1. The zero-order valence-electron chi connectivity index (χ0n) is 24.7. The molecule has 4 fully saturated rings. The van der Waals surface area contributed by atoms with E-state index in [4.69, 9.17) is 15.0 Å². The van der Waals surface area contributed by atoms with Crippen molar-refractivity contribution in [3.63, 3.8) is 0 Å². The Balaban J connectivity index is 1.19. The van der Waals surface area contributed by atoms with E-state index in [9.17, 15) is 29.4 Å². The zero-order valence-corrected chi connectivity index (χ0v) is 24.7. The van der Waals surface area contributed by atoms with Crippen molar-refractivity contribution in [2.24, 2.45) is 33.7 Å². The number of aryl methyl sites for hydroxylation is 1. The number of nitrogens with zero attached hydrogens (tertiary/aromatic N) is 4. The second-order valence-electron chi connectivity index (χ2n) is 13.7. The minimum absolute atomic E-state index is 0.00662. The Hall–Kier alpha value is -3.25. The highest BCUT2D eigenvalue weighted by Crippen LogP contribution is 2.67. The fourth-order valence-electron chi connectivity index (χ4n) is 9.33. The largest absolute Gasteiger partial charge is 0.461 e. The zero-order chi connectivity index (χ0) is 30.9. The molecule has 0 spiro atoms. The smallest absolute Gasteiger partial charge is 0.338 e. The van der Waals surface area contributed by atoms with Crippen molar-refractivity contribution in [3.8, 4) is 0 Å². The first-order valence-electron chi connectivity index (χ1n) is 15.2. The third-order valence-electron chi connectivity index (χ3n) is 11.6. The van der Waals surface area contributed by atoms with Gasteiger partial charge in [0, 0.05) is 34.9 Å². The van der Waals surface area contributed by atoms with Gasteiger partial charge in [-0.3, -0.25) is 19.1 Å². The van der Waals surface area contributed by atoms with Gasteiger partial charge in [0.15, 0.2) is 11.4 Å². The molecule has 10 atom stereocenters. The number of hydrogen-bond donors (Lipinski definition) is 3. The summed E-state index contributed by atoms with van der Waals surface area (Å²) in [6.45, 7) is 5.27. The molecule has 232 valence electrons. The van der Waals surface area contributed by atoms with Gasteiger partial charge in [-0.15, -0.1) is 0 Å². The molecule has 4 aliphatic carbocycles. The quantitative estimate of drug-likeness (QED) is 0.199. The third-order valence-corrected chi connectivity index (χ3v) is 11.6. The van der Waals surface area contributed by atoms with E-state index >= 15 is 0 Å². The molecule has 13 nitrogen and oxygen atoms in total. The van der Waals surface area contributed by atoms with Gasteiger partial charge in [0.2, 0.25) is 0 Å². The molecule has 6 rings (SSSR count). The second-order valence-corrected chi connectivity index (χ2v) is 13.7. The molecule has 0 radical (unpaired) electrons. The molecule has 3 saturated carbocycles. The minimum atomic E-state index is -1.83. The molecule has 1 aromatic heterocycles. The lowest BCUT2D eigenvalue weighted by Crippen LogP contribution is -2.62. The van der Waals surface area contributed by atoms with Gasteiger partial charge in [0.1, 0.15) is 18.9 Å². The molecule has 1 aromatic rings. The molecule has 0 aromatic carbocycles. The predicted molar refractivity (Wildman–Crippen MR) is 152 cm³/mol. The van der Waals surface area contributed by atoms with Gasteiger partial charge in [0.25, 0.3) is 5.56 Å². The normalized spacial score (nSPS) is 41.8. The topological polar surface area (TPSA) is 197 Å². The highest BCUT2D eigenvalue weighted by atomic mass is 16.6. The highest BCUT2D eigenvalue weighted by Gasteiger charge is 2.69. The van der Waals surface area contributed by atoms with E-state index < -0.39 is 52.7 Å². The van der Waals surface area contributed by atoms with Crippen molar-refractivity contribution in [1.29, 1.82) is 0 Å². The van der Waals surface area contributed by atoms with E-state index in [0.29, 0.717) is 24.8 Å². The van der Waals surface area contributed by atoms with Crippen LogP contribution in [0.25, 0.3) is 10.4 Å². The van der Waals surface area contributed by atoms with Gasteiger partial charge in [-0.05, 0) is 80.2 Å². The van der Waals surface area contributed by atoms with Gasteiger partial charge in [0.05, 0.1) is 12.1 Å². The molecule has 2 heterocycles. The van der Waals surface area contributed by atoms with Crippen LogP contribution >= 0.6 is 0 Å². The lowest BCUT2D eigenvalue weighted by Gasteiger charge is -2.60. The first-order valence-corrected chi connectivity index (χ1v) is 15.2. The summed E-state index contributed by atoms with van der Waals surface area (Å²) in [7, 11) is 0. The van der Waals surface area contributed by atoms with Crippen LogP contribution in [0.1, 0.15) is 77.0 Å². The summed E-state index contributed by atoms with van der Waals surface area (Å²) in [6.07, 6.45) is 4.54. The van der Waals surface area contributed by atoms with Crippen LogP contribution in [0.2, 0.25) is 0 Å². The van der Waals surface area contributed by atoms with Crippen LogP contribution in [0.15, 0.2) is 32.5 Å². The van der Waals surface area contributed by atoms with Crippen molar-refractivity contribution in [2.75, 3.05) is 6.61 Å². The van der Waals surface area contributed by atoms with E-state index in [2.05, 4.69) is 21.9 Å². The van der Waals surface area contributed by atoms with E-state index in [0.717, 1.165) is 18.4 Å². The van der Waals surface area contributed by atoms with Crippen LogP contribution in [0.4, 0.5) is 0 Å². The van der Waals surface area contributed by atoms with Crippen molar-refractivity contribution in [2.45, 2.75) is 102 Å². The monoisotopic (exact) mass is 597 g/mol. The molecule has 1 aliphatic heterocycles. The first kappa shape index (κ1) is 29.8. The summed E-state index contributed by atoms with van der Waals surface area (Å²) >= 11 is 0. The fraction of sp³-hybridized carbons (Fsp3) is 0.733. The number of fused-ring (bicyclic) bond motifs is 5. The number of aliphatic hydroxyl groups is 2. The van der Waals surface area contributed by atoms with Crippen LogP contribution < -0.4 is 11.2 Å². The first-order chi connectivity index (χ1) is 20.3. The Labute approximate surface area is 247 Å². The van der Waals surface area contributed by atoms with Gasteiger partial charge >= 0.3 is 11.7 Å². The molecule has 1 saturated heterocycles. The van der Waals surface area contributed by atoms with Gasteiger partial charge < -0.3 is 19.7 Å². The van der Waals surface area contributed by atoms with Crippen molar-refractivity contribution in [1.82, 2.24) is 9.55 Å². The average Bonchev–Trinajstić information content (AvgIpc) is 3.47. The van der Waals surface area contributed by atoms with Gasteiger partial charge in [-0.25, -0.2) is 9.59 Å². The van der Waals surface area contributed by atoms with E-state index in [-0.39, 0.29) is 54.8 Å². The number of ketones is 1. The Morgan fingerprint density at radius 3 is 2.77 bits per heavy atom. The van der Waals surface area contributed by atoms with E-state index in [1.165, 1.54) is 10.8 Å². The number of carbonyl (C=O) groups is 2. The number of azide groups is 1. The molecular weight excluding hydrogens is 558 g/mol. The van der Waals surface area contributed by atoms with E-state index in [1.54, 1.807) is 13.0 Å². The number of nitrogens with one attached hydrogen (secondary N) is 1. The molecule has 5 aliphatic rings. The molecule has 0 unspecified atom stereocenters. The maximum absolute atomic E-state index is 13.7. The molecule has 0 amide bonds. The summed E-state index contributed by atoms with van der Waals surface area (Å²) in [6, 6.07) is -0.756. The highest BCUT2D eigenvalue weighted by molar-refractivity contribution is 5.91. The van der Waals surface area contributed by atoms with Gasteiger partial charge in [-0.1, -0.05) is 24.5 Å². The van der Waals surface area contributed by atoms with Crippen LogP contribution in [0.3, 0.4) is 0 Å². The average molecular weight is 598 g/mol. The molecule has 13 heteroatoms. The van der Waals surface area contributed by atoms with Crippen molar-refractivity contribution >= 4 is 11.8 Å². The molecule has 0 bridgehead atoms. The van der Waals surface area contributed by atoms with Crippen LogP contribution in [0, 0.1) is 35.5 Å². The van der Waals surface area contributed by atoms with Crippen molar-refractivity contribution < 1.29 is 29.3 Å². The second kappa shape index (κ2) is 10.4. The van der Waals surface area contributed by atoms with Gasteiger partial charge in [-0.2, -0.15) is 0 Å². The minimum Gasteiger partial charge on any atom is -0.461 e. The number of hydrogen-bond acceptors (Lipinski definition) is 9. The lowest BCUT2D eigenvalue weighted by molar-refractivity contribution is -0.202. The number of aliphatic hydroxyl groups excluding tert-OH is 1. The summed E-state index contributed by atoms with van der Waals surface area (Å²) in [5, 5.41) is 27.4. The maximum Gasteiger partial charge on any atom is 0.338 e. The molecule has 3 N–H and O–H groups in total. The maximum atomic E-state index is 13.7. The third kappa shape index (κ3) is 4.51. The number of esters is 1.